The third-order valence-corrected chi connectivity index (χ3v) is 10.8. The average Bonchev–Trinajstić information content (AvgIpc) is 3.32. The molecule has 3 saturated carbocycles. The van der Waals surface area contributed by atoms with Crippen molar-refractivity contribution in [2.45, 2.75) is 101 Å². The number of hydrogen-bond acceptors (Lipinski definition) is 10. The van der Waals surface area contributed by atoms with Gasteiger partial charge in [-0.25, -0.2) is 4.98 Å². The van der Waals surface area contributed by atoms with E-state index in [4.69, 9.17) is 23.9 Å². The van der Waals surface area contributed by atoms with Gasteiger partial charge in [-0.1, -0.05) is 12.8 Å². The molecule has 6 fully saturated rings. The Kier molecular flexibility index (Phi) is 7.12. The fourth-order valence-corrected chi connectivity index (χ4v) is 8.34. The predicted molar refractivity (Wildman–Crippen MR) is 150 cm³/mol. The van der Waals surface area contributed by atoms with E-state index in [1.165, 1.54) is 0 Å². The fourth-order valence-electron chi connectivity index (χ4n) is 8.34. The molecule has 1 aromatic rings. The van der Waals surface area contributed by atoms with Gasteiger partial charge in [-0.05, 0) is 71.9 Å². The highest BCUT2D eigenvalue weighted by molar-refractivity contribution is 6.11. The van der Waals surface area contributed by atoms with Gasteiger partial charge in [-0.3, -0.25) is 14.5 Å². The topological polar surface area (TPSA) is 103 Å². The van der Waals surface area contributed by atoms with E-state index >= 15 is 0 Å². The quantitative estimate of drug-likeness (QED) is 0.374. The van der Waals surface area contributed by atoms with Crippen molar-refractivity contribution in [3.63, 3.8) is 0 Å². The summed E-state index contributed by atoms with van der Waals surface area (Å²) in [6.07, 6.45) is 9.49. The highest BCUT2D eigenvalue weighted by Crippen LogP contribution is 2.56. The minimum absolute atomic E-state index is 0.0453. The molecule has 0 radical (unpaired) electrons. The first-order chi connectivity index (χ1) is 19.8. The number of nitrogens with zero attached hydrogens (tertiary/aromatic N) is 4. The van der Waals surface area contributed by atoms with E-state index in [2.05, 4.69) is 28.8 Å². The number of carbonyl (C=O) groups is 2. The Bertz CT molecular complexity index is 1180. The summed E-state index contributed by atoms with van der Waals surface area (Å²) in [6, 6.07) is 2.16. The zero-order chi connectivity index (χ0) is 28.2. The number of ketones is 2. The summed E-state index contributed by atoms with van der Waals surface area (Å²) in [4.78, 5) is 42.6. The molecular formula is C31H44N4O6. The highest BCUT2D eigenvalue weighted by atomic mass is 16.7. The van der Waals surface area contributed by atoms with E-state index in [9.17, 15) is 9.59 Å². The molecule has 3 aliphatic carbocycles. The first-order valence-electron chi connectivity index (χ1n) is 15.9. The van der Waals surface area contributed by atoms with Crippen LogP contribution in [0.1, 0.15) is 88.2 Å². The van der Waals surface area contributed by atoms with E-state index < -0.39 is 17.1 Å². The molecule has 224 valence electrons. The normalized spacial score (nSPS) is 33.5. The Hall–Kier alpha value is -2.14. The molecule has 1 aromatic heterocycles. The van der Waals surface area contributed by atoms with Crippen molar-refractivity contribution >= 4 is 17.4 Å². The number of aromatic nitrogens is 2. The summed E-state index contributed by atoms with van der Waals surface area (Å²) in [7, 11) is 2.13. The number of carbonyl (C=O) groups excluding carboxylic acids is 2. The van der Waals surface area contributed by atoms with Crippen LogP contribution in [0.4, 0.5) is 5.82 Å². The maximum Gasteiger partial charge on any atom is 0.219 e. The summed E-state index contributed by atoms with van der Waals surface area (Å²) < 4.78 is 24.9. The van der Waals surface area contributed by atoms with Crippen molar-refractivity contribution in [3.05, 3.63) is 11.9 Å². The van der Waals surface area contributed by atoms with Gasteiger partial charge in [0.15, 0.2) is 11.6 Å². The van der Waals surface area contributed by atoms with Crippen LogP contribution in [0.5, 0.6) is 5.88 Å². The van der Waals surface area contributed by atoms with Crippen molar-refractivity contribution in [3.8, 4) is 5.88 Å². The van der Waals surface area contributed by atoms with E-state index in [-0.39, 0.29) is 29.1 Å². The van der Waals surface area contributed by atoms with Crippen LogP contribution < -0.4 is 9.64 Å². The second-order valence-corrected chi connectivity index (χ2v) is 13.3. The molecule has 0 N–H and O–H groups in total. The maximum atomic E-state index is 14.3. The van der Waals surface area contributed by atoms with Crippen LogP contribution in [0.15, 0.2) is 6.07 Å². The van der Waals surface area contributed by atoms with Gasteiger partial charge in [-0.15, -0.1) is 0 Å². The first-order valence-corrected chi connectivity index (χ1v) is 15.9. The summed E-state index contributed by atoms with van der Waals surface area (Å²) >= 11 is 0. The number of anilines is 1. The molecule has 4 heterocycles. The van der Waals surface area contributed by atoms with E-state index in [0.717, 1.165) is 58.0 Å². The van der Waals surface area contributed by atoms with Crippen LogP contribution in [0.25, 0.3) is 0 Å². The van der Waals surface area contributed by atoms with Crippen LogP contribution in [0, 0.1) is 11.3 Å². The van der Waals surface area contributed by atoms with Crippen LogP contribution in [-0.4, -0.2) is 96.5 Å². The Balaban J connectivity index is 1.20. The standard InChI is InChI=1S/C31H44N4O6/c1-21(23-8-6-14-34(23)2)41-25-19-24(35-15-16-38-29(20-35)12-13-29)32-28(33-25)26(36)22-7-5-10-30(27(22)37)9-3-4-11-31(30)39-17-18-40-31/h19,21-23H,3-18,20H2,1-2H3/t21-,22-,23-,30-/m0/s1. The number of hydrogen-bond donors (Lipinski definition) is 0. The second kappa shape index (κ2) is 10.5. The minimum Gasteiger partial charge on any atom is -0.473 e. The van der Waals surface area contributed by atoms with Crippen LogP contribution >= 0.6 is 0 Å². The molecule has 7 rings (SSSR count). The van der Waals surface area contributed by atoms with Gasteiger partial charge in [0.1, 0.15) is 11.9 Å². The summed E-state index contributed by atoms with van der Waals surface area (Å²) in [5, 5.41) is 0. The molecular weight excluding hydrogens is 524 g/mol. The van der Waals surface area contributed by atoms with Gasteiger partial charge >= 0.3 is 0 Å². The van der Waals surface area contributed by atoms with Gasteiger partial charge in [0.25, 0.3) is 0 Å². The third-order valence-electron chi connectivity index (χ3n) is 10.8. The first kappa shape index (κ1) is 27.7. The van der Waals surface area contributed by atoms with Gasteiger partial charge in [-0.2, -0.15) is 4.98 Å². The van der Waals surface area contributed by atoms with Gasteiger partial charge < -0.3 is 23.8 Å². The molecule has 4 atom stereocenters. The number of fused-ring (bicyclic) bond motifs is 1. The molecule has 41 heavy (non-hydrogen) atoms. The molecule has 0 unspecified atom stereocenters. The molecule has 3 aliphatic heterocycles. The molecule has 10 heteroatoms. The molecule has 0 bridgehead atoms. The molecule has 10 nitrogen and oxygen atoms in total. The SMILES string of the molecule is C[C@H](Oc1cc(N2CCOC3(CC3)C2)nc(C(=O)[C@@H]2CCC[C@@]3(CCCCC34OCCO4)C2=O)n1)[C@@H]1CCCN1C. The number of rotatable bonds is 6. The lowest BCUT2D eigenvalue weighted by molar-refractivity contribution is -0.255. The highest BCUT2D eigenvalue weighted by Gasteiger charge is 2.63. The van der Waals surface area contributed by atoms with Gasteiger partial charge in [0, 0.05) is 31.6 Å². The molecule has 3 spiro atoms. The number of ether oxygens (including phenoxy) is 4. The van der Waals surface area contributed by atoms with Crippen molar-refractivity contribution in [1.29, 1.82) is 0 Å². The number of morpholine rings is 1. The fraction of sp³-hybridized carbons (Fsp3) is 0.806. The van der Waals surface area contributed by atoms with Gasteiger partial charge in [0.05, 0.1) is 36.8 Å². The maximum absolute atomic E-state index is 14.3. The predicted octanol–water partition coefficient (Wildman–Crippen LogP) is 3.56. The monoisotopic (exact) mass is 568 g/mol. The summed E-state index contributed by atoms with van der Waals surface area (Å²) in [6.45, 7) is 6.16. The van der Waals surface area contributed by atoms with E-state index in [0.29, 0.717) is 69.8 Å². The number of likely N-dealkylation sites (tertiary alicyclic amines) is 1. The van der Waals surface area contributed by atoms with Crippen LogP contribution in [0.3, 0.4) is 0 Å². The van der Waals surface area contributed by atoms with Crippen molar-refractivity contribution in [1.82, 2.24) is 14.9 Å². The summed E-state index contributed by atoms with van der Waals surface area (Å²) in [5.74, 6) is -0.892. The smallest absolute Gasteiger partial charge is 0.219 e. The Morgan fingerprint density at radius 1 is 0.976 bits per heavy atom. The molecule has 6 aliphatic rings. The van der Waals surface area contributed by atoms with Crippen molar-refractivity contribution in [2.24, 2.45) is 11.3 Å². The summed E-state index contributed by atoms with van der Waals surface area (Å²) in [5.41, 5.74) is -0.877. The van der Waals surface area contributed by atoms with Crippen LogP contribution in [0.2, 0.25) is 0 Å². The average molecular weight is 569 g/mol. The lowest BCUT2D eigenvalue weighted by atomic mass is 9.57. The van der Waals surface area contributed by atoms with Crippen molar-refractivity contribution < 1.29 is 28.5 Å². The Morgan fingerprint density at radius 3 is 2.51 bits per heavy atom. The number of Topliss-reactive ketones (excluding diaryl/α,β-unsaturated/α-hetero) is 2. The molecule has 0 aromatic carbocycles. The van der Waals surface area contributed by atoms with Crippen molar-refractivity contribution in [2.75, 3.05) is 51.4 Å². The molecule has 0 amide bonds. The van der Waals surface area contributed by atoms with E-state index in [1.54, 1.807) is 0 Å². The van der Waals surface area contributed by atoms with E-state index in [1.807, 2.05) is 6.07 Å². The largest absolute Gasteiger partial charge is 0.473 e. The zero-order valence-corrected chi connectivity index (χ0v) is 24.6. The van der Waals surface area contributed by atoms with Gasteiger partial charge in [0.2, 0.25) is 17.5 Å². The second-order valence-electron chi connectivity index (χ2n) is 13.3. The van der Waals surface area contributed by atoms with Crippen LogP contribution in [-0.2, 0) is 19.0 Å². The third kappa shape index (κ3) is 4.79. The molecule has 3 saturated heterocycles. The Labute approximate surface area is 242 Å². The minimum atomic E-state index is -0.895. The lowest BCUT2D eigenvalue weighted by Crippen LogP contribution is -2.60. The lowest BCUT2D eigenvalue weighted by Gasteiger charge is -2.51. The number of likely N-dealkylation sites (N-methyl/N-ethyl adjacent to an activating group) is 1. The zero-order valence-electron chi connectivity index (χ0n) is 24.6. The Morgan fingerprint density at radius 2 is 1.76 bits per heavy atom.